The average molecular weight is 206 g/mol. The summed E-state index contributed by atoms with van der Waals surface area (Å²) in [5, 5.41) is 3.33. The number of likely N-dealkylation sites (N-methyl/N-ethyl adjacent to an activating group) is 2. The van der Waals surface area contributed by atoms with Gasteiger partial charge in [0.05, 0.1) is 0 Å². The Morgan fingerprint density at radius 2 is 2.00 bits per heavy atom. The number of nitrogens with zero attached hydrogens (tertiary/aromatic N) is 1. The van der Waals surface area contributed by atoms with Crippen LogP contribution in [0.4, 0.5) is 5.69 Å². The maximum Gasteiger partial charge on any atom is 0.0393 e. The Bertz CT molecular complexity index is 292. The molecule has 84 valence electrons. The SMILES string of the molecule is CCC(CN(C)c1ccccc1C)NC. The first-order valence-electron chi connectivity index (χ1n) is 5.63. The second kappa shape index (κ2) is 5.76. The third-order valence-corrected chi connectivity index (χ3v) is 2.92. The fourth-order valence-corrected chi connectivity index (χ4v) is 1.85. The highest BCUT2D eigenvalue weighted by Gasteiger charge is 2.08. The minimum absolute atomic E-state index is 0.564. The molecule has 0 bridgehead atoms. The number of benzene rings is 1. The van der Waals surface area contributed by atoms with E-state index in [9.17, 15) is 0 Å². The molecule has 0 radical (unpaired) electrons. The van der Waals surface area contributed by atoms with Crippen LogP contribution in [-0.2, 0) is 0 Å². The summed E-state index contributed by atoms with van der Waals surface area (Å²) in [7, 11) is 4.18. The number of nitrogens with one attached hydrogen (secondary N) is 1. The topological polar surface area (TPSA) is 15.3 Å². The third-order valence-electron chi connectivity index (χ3n) is 2.92. The van der Waals surface area contributed by atoms with Gasteiger partial charge in [-0.1, -0.05) is 25.1 Å². The lowest BCUT2D eigenvalue weighted by Crippen LogP contribution is -2.37. The molecule has 0 saturated carbocycles. The number of hydrogen-bond acceptors (Lipinski definition) is 2. The molecule has 0 aromatic heterocycles. The Kier molecular flexibility index (Phi) is 4.63. The van der Waals surface area contributed by atoms with Gasteiger partial charge in [-0.2, -0.15) is 0 Å². The lowest BCUT2D eigenvalue weighted by Gasteiger charge is -2.26. The van der Waals surface area contributed by atoms with Crippen molar-refractivity contribution in [3.05, 3.63) is 29.8 Å². The molecular formula is C13H22N2. The highest BCUT2D eigenvalue weighted by molar-refractivity contribution is 5.52. The molecule has 1 aromatic carbocycles. The van der Waals surface area contributed by atoms with E-state index in [0.29, 0.717) is 6.04 Å². The van der Waals surface area contributed by atoms with E-state index in [0.717, 1.165) is 13.0 Å². The normalized spacial score (nSPS) is 12.5. The lowest BCUT2D eigenvalue weighted by molar-refractivity contribution is 0.543. The van der Waals surface area contributed by atoms with Gasteiger partial charge in [-0.15, -0.1) is 0 Å². The molecule has 15 heavy (non-hydrogen) atoms. The van der Waals surface area contributed by atoms with E-state index in [1.54, 1.807) is 0 Å². The quantitative estimate of drug-likeness (QED) is 0.796. The molecule has 1 atom stereocenters. The zero-order chi connectivity index (χ0) is 11.3. The van der Waals surface area contributed by atoms with Crippen molar-refractivity contribution in [3.8, 4) is 0 Å². The van der Waals surface area contributed by atoms with Gasteiger partial charge in [0.1, 0.15) is 0 Å². The van der Waals surface area contributed by atoms with E-state index < -0.39 is 0 Å². The van der Waals surface area contributed by atoms with Crippen molar-refractivity contribution in [2.75, 3.05) is 25.5 Å². The van der Waals surface area contributed by atoms with Crippen molar-refractivity contribution in [2.45, 2.75) is 26.3 Å². The van der Waals surface area contributed by atoms with Crippen LogP contribution in [0.25, 0.3) is 0 Å². The van der Waals surface area contributed by atoms with Gasteiger partial charge in [-0.05, 0) is 32.0 Å². The van der Waals surface area contributed by atoms with Crippen LogP contribution in [-0.4, -0.2) is 26.7 Å². The van der Waals surface area contributed by atoms with Crippen molar-refractivity contribution < 1.29 is 0 Å². The maximum absolute atomic E-state index is 3.33. The molecule has 2 nitrogen and oxygen atoms in total. The van der Waals surface area contributed by atoms with Gasteiger partial charge in [0.2, 0.25) is 0 Å². The van der Waals surface area contributed by atoms with Gasteiger partial charge in [0, 0.05) is 25.3 Å². The Morgan fingerprint density at radius 3 is 2.53 bits per heavy atom. The highest BCUT2D eigenvalue weighted by atomic mass is 15.1. The fourth-order valence-electron chi connectivity index (χ4n) is 1.85. The van der Waals surface area contributed by atoms with Gasteiger partial charge >= 0.3 is 0 Å². The monoisotopic (exact) mass is 206 g/mol. The molecule has 1 rings (SSSR count). The number of hydrogen-bond donors (Lipinski definition) is 1. The predicted octanol–water partition coefficient (Wildman–Crippen LogP) is 2.43. The molecule has 0 amide bonds. The number of para-hydroxylation sites is 1. The molecule has 0 saturated heterocycles. The molecule has 0 fully saturated rings. The molecule has 0 aliphatic carbocycles. The Morgan fingerprint density at radius 1 is 1.33 bits per heavy atom. The fraction of sp³-hybridized carbons (Fsp3) is 0.538. The van der Waals surface area contributed by atoms with E-state index in [-0.39, 0.29) is 0 Å². The molecule has 0 heterocycles. The van der Waals surface area contributed by atoms with Gasteiger partial charge in [0.15, 0.2) is 0 Å². The van der Waals surface area contributed by atoms with Crippen LogP contribution in [0.15, 0.2) is 24.3 Å². The summed E-state index contributed by atoms with van der Waals surface area (Å²) in [6, 6.07) is 9.08. The summed E-state index contributed by atoms with van der Waals surface area (Å²) in [6.07, 6.45) is 1.16. The van der Waals surface area contributed by atoms with Crippen molar-refractivity contribution >= 4 is 5.69 Å². The molecule has 1 unspecified atom stereocenters. The van der Waals surface area contributed by atoms with Crippen LogP contribution >= 0.6 is 0 Å². The Hall–Kier alpha value is -1.02. The zero-order valence-electron chi connectivity index (χ0n) is 10.2. The van der Waals surface area contributed by atoms with Gasteiger partial charge < -0.3 is 10.2 Å². The van der Waals surface area contributed by atoms with Crippen molar-refractivity contribution in [3.63, 3.8) is 0 Å². The molecule has 0 spiro atoms. The molecule has 0 aliphatic heterocycles. The largest absolute Gasteiger partial charge is 0.373 e. The zero-order valence-corrected chi connectivity index (χ0v) is 10.2. The van der Waals surface area contributed by atoms with Crippen molar-refractivity contribution in [1.29, 1.82) is 0 Å². The van der Waals surface area contributed by atoms with Gasteiger partial charge in [-0.25, -0.2) is 0 Å². The molecule has 1 N–H and O–H groups in total. The van der Waals surface area contributed by atoms with Crippen LogP contribution < -0.4 is 10.2 Å². The highest BCUT2D eigenvalue weighted by Crippen LogP contribution is 2.17. The van der Waals surface area contributed by atoms with Crippen LogP contribution in [0.1, 0.15) is 18.9 Å². The standard InChI is InChI=1S/C13H22N2/c1-5-12(14-3)10-15(4)13-9-7-6-8-11(13)2/h6-9,12,14H,5,10H2,1-4H3. The predicted molar refractivity (Wildman–Crippen MR) is 67.6 cm³/mol. The first-order chi connectivity index (χ1) is 7.19. The van der Waals surface area contributed by atoms with E-state index in [4.69, 9.17) is 0 Å². The van der Waals surface area contributed by atoms with E-state index in [2.05, 4.69) is 55.4 Å². The average Bonchev–Trinajstić information content (AvgIpc) is 2.26. The second-order valence-corrected chi connectivity index (χ2v) is 4.06. The summed E-state index contributed by atoms with van der Waals surface area (Å²) in [5.74, 6) is 0. The Labute approximate surface area is 93.3 Å². The van der Waals surface area contributed by atoms with Crippen LogP contribution in [0, 0.1) is 6.92 Å². The van der Waals surface area contributed by atoms with E-state index >= 15 is 0 Å². The molecule has 0 aliphatic rings. The van der Waals surface area contributed by atoms with Crippen LogP contribution in [0.3, 0.4) is 0 Å². The number of anilines is 1. The van der Waals surface area contributed by atoms with Gasteiger partial charge in [-0.3, -0.25) is 0 Å². The number of aryl methyl sites for hydroxylation is 1. The van der Waals surface area contributed by atoms with Crippen LogP contribution in [0.2, 0.25) is 0 Å². The summed E-state index contributed by atoms with van der Waals surface area (Å²) >= 11 is 0. The van der Waals surface area contributed by atoms with Crippen molar-refractivity contribution in [2.24, 2.45) is 0 Å². The first-order valence-corrected chi connectivity index (χ1v) is 5.63. The second-order valence-electron chi connectivity index (χ2n) is 4.06. The summed E-state index contributed by atoms with van der Waals surface area (Å²) < 4.78 is 0. The third kappa shape index (κ3) is 3.24. The maximum atomic E-state index is 3.33. The lowest BCUT2D eigenvalue weighted by atomic mass is 10.1. The van der Waals surface area contributed by atoms with E-state index in [1.807, 2.05) is 7.05 Å². The van der Waals surface area contributed by atoms with Crippen molar-refractivity contribution in [1.82, 2.24) is 5.32 Å². The summed E-state index contributed by atoms with van der Waals surface area (Å²) in [4.78, 5) is 2.32. The Balaban J connectivity index is 2.68. The molecule has 2 heteroatoms. The van der Waals surface area contributed by atoms with Gasteiger partial charge in [0.25, 0.3) is 0 Å². The smallest absolute Gasteiger partial charge is 0.0393 e. The van der Waals surface area contributed by atoms with Crippen LogP contribution in [0.5, 0.6) is 0 Å². The van der Waals surface area contributed by atoms with E-state index in [1.165, 1.54) is 11.3 Å². The summed E-state index contributed by atoms with van der Waals surface area (Å²) in [5.41, 5.74) is 2.66. The minimum atomic E-state index is 0.564. The first kappa shape index (κ1) is 12.1. The molecule has 1 aromatic rings. The minimum Gasteiger partial charge on any atom is -0.373 e. The number of rotatable bonds is 5. The summed E-state index contributed by atoms with van der Waals surface area (Å²) in [6.45, 7) is 5.43. The molecular weight excluding hydrogens is 184 g/mol.